The zero-order valence-electron chi connectivity index (χ0n) is 16.1. The molecule has 7 nitrogen and oxygen atoms in total. The van der Waals surface area contributed by atoms with Gasteiger partial charge in [0.05, 0.1) is 31.7 Å². The second-order valence-corrected chi connectivity index (χ2v) is 7.15. The number of benzene rings is 1. The lowest BCUT2D eigenvalue weighted by atomic mass is 9.97. The van der Waals surface area contributed by atoms with Gasteiger partial charge in [0.25, 0.3) is 5.91 Å². The standard InChI is InChI=1S/C20H28N2O5/c1-3-25-20(24)15-6-8-22(9-7-15)13-19(23)21-14(2)16-4-5-17-18(12-16)27-11-10-26-17/h4-5,12,14-15H,3,6-11,13H2,1-2H3,(H,21,23)/p+1/t14-/m0/s1. The molecular formula is C20H29N2O5+. The Bertz CT molecular complexity index is 670. The van der Waals surface area contributed by atoms with Gasteiger partial charge in [-0.05, 0) is 31.5 Å². The number of hydrogen-bond acceptors (Lipinski definition) is 5. The molecule has 0 bridgehead atoms. The Morgan fingerprint density at radius 3 is 2.63 bits per heavy atom. The Morgan fingerprint density at radius 2 is 1.93 bits per heavy atom. The van der Waals surface area contributed by atoms with Gasteiger partial charge >= 0.3 is 5.97 Å². The molecular weight excluding hydrogens is 348 g/mol. The molecule has 1 aromatic carbocycles. The van der Waals surface area contributed by atoms with E-state index in [2.05, 4.69) is 5.32 Å². The maximum atomic E-state index is 12.4. The van der Waals surface area contributed by atoms with E-state index in [1.807, 2.05) is 32.0 Å². The summed E-state index contributed by atoms with van der Waals surface area (Å²) in [5, 5.41) is 3.06. The number of piperidine rings is 1. The summed E-state index contributed by atoms with van der Waals surface area (Å²) < 4.78 is 16.2. The third-order valence-corrected chi connectivity index (χ3v) is 5.17. The summed E-state index contributed by atoms with van der Waals surface area (Å²) in [5.41, 5.74) is 0.989. The second-order valence-electron chi connectivity index (χ2n) is 7.15. The predicted octanol–water partition coefficient (Wildman–Crippen LogP) is 0.493. The maximum Gasteiger partial charge on any atom is 0.309 e. The predicted molar refractivity (Wildman–Crippen MR) is 98.9 cm³/mol. The van der Waals surface area contributed by atoms with Gasteiger partial charge in [0.1, 0.15) is 13.2 Å². The number of rotatable bonds is 6. The number of nitrogens with one attached hydrogen (secondary N) is 2. The topological polar surface area (TPSA) is 78.3 Å². The van der Waals surface area contributed by atoms with E-state index in [9.17, 15) is 9.59 Å². The highest BCUT2D eigenvalue weighted by atomic mass is 16.6. The molecule has 7 heteroatoms. The fourth-order valence-electron chi connectivity index (χ4n) is 3.63. The number of fused-ring (bicyclic) bond motifs is 1. The van der Waals surface area contributed by atoms with Crippen LogP contribution in [-0.4, -0.2) is 51.3 Å². The molecule has 27 heavy (non-hydrogen) atoms. The highest BCUT2D eigenvalue weighted by Gasteiger charge is 2.29. The largest absolute Gasteiger partial charge is 0.486 e. The van der Waals surface area contributed by atoms with Gasteiger partial charge in [-0.15, -0.1) is 0 Å². The van der Waals surface area contributed by atoms with Crippen LogP contribution in [0.25, 0.3) is 0 Å². The first kappa shape index (κ1) is 19.5. The SMILES string of the molecule is CCOC(=O)C1CC[NH+](CC(=O)N[C@@H](C)c2ccc3c(c2)OCCO3)CC1. The van der Waals surface area contributed by atoms with E-state index in [1.165, 1.54) is 4.90 Å². The summed E-state index contributed by atoms with van der Waals surface area (Å²) in [4.78, 5) is 25.4. The smallest absolute Gasteiger partial charge is 0.309 e. The average molecular weight is 377 g/mol. The summed E-state index contributed by atoms with van der Waals surface area (Å²) >= 11 is 0. The Hall–Kier alpha value is -2.28. The summed E-state index contributed by atoms with van der Waals surface area (Å²) in [6.45, 7) is 7.37. The van der Waals surface area contributed by atoms with Gasteiger partial charge in [0, 0.05) is 12.8 Å². The highest BCUT2D eigenvalue weighted by molar-refractivity contribution is 5.77. The molecule has 0 aromatic heterocycles. The molecule has 0 unspecified atom stereocenters. The maximum absolute atomic E-state index is 12.4. The van der Waals surface area contributed by atoms with Crippen LogP contribution in [0.15, 0.2) is 18.2 Å². The van der Waals surface area contributed by atoms with Crippen molar-refractivity contribution in [3.63, 3.8) is 0 Å². The van der Waals surface area contributed by atoms with E-state index in [-0.39, 0.29) is 23.8 Å². The number of likely N-dealkylation sites (tertiary alicyclic amines) is 1. The molecule has 148 valence electrons. The summed E-state index contributed by atoms with van der Waals surface area (Å²) in [6, 6.07) is 5.66. The Balaban J connectivity index is 1.46. The summed E-state index contributed by atoms with van der Waals surface area (Å²) in [5.74, 6) is 1.37. The highest BCUT2D eigenvalue weighted by Crippen LogP contribution is 2.32. The van der Waals surface area contributed by atoms with Crippen LogP contribution < -0.4 is 19.7 Å². The minimum Gasteiger partial charge on any atom is -0.486 e. The molecule has 0 radical (unpaired) electrons. The zero-order valence-corrected chi connectivity index (χ0v) is 16.1. The molecule has 1 fully saturated rings. The molecule has 3 rings (SSSR count). The lowest BCUT2D eigenvalue weighted by Crippen LogP contribution is -3.14. The van der Waals surface area contributed by atoms with Crippen LogP contribution in [0.5, 0.6) is 11.5 Å². The van der Waals surface area contributed by atoms with Crippen molar-refractivity contribution in [2.45, 2.75) is 32.7 Å². The van der Waals surface area contributed by atoms with E-state index < -0.39 is 0 Å². The molecule has 1 amide bonds. The molecule has 2 aliphatic heterocycles. The lowest BCUT2D eigenvalue weighted by Gasteiger charge is -2.28. The molecule has 1 atom stereocenters. The molecule has 2 N–H and O–H groups in total. The number of amides is 1. The van der Waals surface area contributed by atoms with Crippen LogP contribution in [0.1, 0.15) is 38.3 Å². The van der Waals surface area contributed by atoms with Crippen molar-refractivity contribution in [3.05, 3.63) is 23.8 Å². The normalized spacial score (nSPS) is 22.6. The minimum atomic E-state index is -0.107. The summed E-state index contributed by atoms with van der Waals surface area (Å²) in [7, 11) is 0. The van der Waals surface area contributed by atoms with Crippen LogP contribution in [0.2, 0.25) is 0 Å². The molecule has 1 aromatic rings. The van der Waals surface area contributed by atoms with Crippen molar-refractivity contribution in [1.29, 1.82) is 0 Å². The number of carbonyl (C=O) groups is 2. The summed E-state index contributed by atoms with van der Waals surface area (Å²) in [6.07, 6.45) is 1.55. The van der Waals surface area contributed by atoms with E-state index >= 15 is 0 Å². The van der Waals surface area contributed by atoms with Crippen molar-refractivity contribution < 1.29 is 28.7 Å². The van der Waals surface area contributed by atoms with Crippen molar-refractivity contribution in [2.75, 3.05) is 39.5 Å². The number of quaternary nitrogens is 1. The van der Waals surface area contributed by atoms with E-state index in [1.54, 1.807) is 0 Å². The lowest BCUT2D eigenvalue weighted by molar-refractivity contribution is -0.897. The van der Waals surface area contributed by atoms with Gasteiger partial charge in [-0.25, -0.2) is 0 Å². The first-order chi connectivity index (χ1) is 13.1. The number of hydrogen-bond donors (Lipinski definition) is 2. The van der Waals surface area contributed by atoms with E-state index in [0.29, 0.717) is 26.4 Å². The molecule has 2 aliphatic rings. The average Bonchev–Trinajstić information content (AvgIpc) is 2.68. The van der Waals surface area contributed by atoms with Gasteiger partial charge in [-0.3, -0.25) is 9.59 Å². The third-order valence-electron chi connectivity index (χ3n) is 5.17. The van der Waals surface area contributed by atoms with Gasteiger partial charge in [0.15, 0.2) is 18.0 Å². The van der Waals surface area contributed by atoms with Crippen LogP contribution in [0, 0.1) is 5.92 Å². The van der Waals surface area contributed by atoms with Gasteiger partial charge < -0.3 is 24.4 Å². The zero-order chi connectivity index (χ0) is 19.2. The van der Waals surface area contributed by atoms with Gasteiger partial charge in [-0.1, -0.05) is 6.07 Å². The van der Waals surface area contributed by atoms with Crippen LogP contribution in [0.4, 0.5) is 0 Å². The first-order valence-corrected chi connectivity index (χ1v) is 9.76. The Morgan fingerprint density at radius 1 is 1.22 bits per heavy atom. The van der Waals surface area contributed by atoms with Crippen molar-refractivity contribution in [1.82, 2.24) is 5.32 Å². The van der Waals surface area contributed by atoms with E-state index in [0.717, 1.165) is 43.0 Å². The van der Waals surface area contributed by atoms with Crippen molar-refractivity contribution in [2.24, 2.45) is 5.92 Å². The molecule has 0 aliphatic carbocycles. The van der Waals surface area contributed by atoms with Gasteiger partial charge in [-0.2, -0.15) is 0 Å². The van der Waals surface area contributed by atoms with Crippen LogP contribution >= 0.6 is 0 Å². The number of carbonyl (C=O) groups excluding carboxylic acids is 2. The number of esters is 1. The monoisotopic (exact) mass is 377 g/mol. The molecule has 1 saturated heterocycles. The Labute approximate surface area is 160 Å². The van der Waals surface area contributed by atoms with Crippen molar-refractivity contribution >= 4 is 11.9 Å². The van der Waals surface area contributed by atoms with Crippen LogP contribution in [0.3, 0.4) is 0 Å². The molecule has 2 heterocycles. The Kier molecular flexibility index (Phi) is 6.55. The fourth-order valence-corrected chi connectivity index (χ4v) is 3.63. The minimum absolute atomic E-state index is 0.0157. The fraction of sp³-hybridized carbons (Fsp3) is 0.600. The van der Waals surface area contributed by atoms with Gasteiger partial charge in [0.2, 0.25) is 0 Å². The number of ether oxygens (including phenoxy) is 3. The second kappa shape index (κ2) is 9.08. The van der Waals surface area contributed by atoms with Crippen LogP contribution in [-0.2, 0) is 14.3 Å². The molecule has 0 saturated carbocycles. The third kappa shape index (κ3) is 5.13. The van der Waals surface area contributed by atoms with Crippen molar-refractivity contribution in [3.8, 4) is 11.5 Å². The van der Waals surface area contributed by atoms with E-state index in [4.69, 9.17) is 14.2 Å². The first-order valence-electron chi connectivity index (χ1n) is 9.76. The quantitative estimate of drug-likeness (QED) is 0.706. The molecule has 0 spiro atoms.